The van der Waals surface area contributed by atoms with Crippen molar-refractivity contribution in [1.29, 1.82) is 0 Å². The number of rotatable bonds is 4. The Morgan fingerprint density at radius 3 is 2.64 bits per heavy atom. The first-order valence-electron chi connectivity index (χ1n) is 4.33. The lowest BCUT2D eigenvalue weighted by atomic mass is 10.1. The second-order valence-corrected chi connectivity index (χ2v) is 3.83. The number of hydrogen-bond donors (Lipinski definition) is 1. The number of nitrogens with one attached hydrogen (secondary N) is 1. The van der Waals surface area contributed by atoms with Crippen LogP contribution < -0.4 is 5.32 Å². The quantitative estimate of drug-likeness (QED) is 0.689. The zero-order valence-corrected chi connectivity index (χ0v) is 7.66. The zero-order chi connectivity index (χ0) is 8.10. The van der Waals surface area contributed by atoms with E-state index < -0.39 is 0 Å². The second kappa shape index (κ2) is 4.78. The molecule has 1 aliphatic carbocycles. The largest absolute Gasteiger partial charge is 0.312 e. The molecular weight excluding hydrogens is 158 g/mol. The van der Waals surface area contributed by atoms with Gasteiger partial charge in [-0.15, -0.1) is 0 Å². The van der Waals surface area contributed by atoms with Crippen LogP contribution in [0, 0.1) is 5.92 Å². The Balaban J connectivity index is 1.98. The second-order valence-electron chi connectivity index (χ2n) is 3.30. The molecule has 1 rings (SSSR count). The lowest BCUT2D eigenvalue weighted by Crippen LogP contribution is -2.22. The molecule has 0 heterocycles. The van der Waals surface area contributed by atoms with Crippen LogP contribution in [0.25, 0.3) is 0 Å². The van der Waals surface area contributed by atoms with Crippen LogP contribution in [0.5, 0.6) is 0 Å². The van der Waals surface area contributed by atoms with Gasteiger partial charge in [-0.3, -0.25) is 0 Å². The molecular formula is C9H16ClN. The van der Waals surface area contributed by atoms with Crippen molar-refractivity contribution < 1.29 is 0 Å². The summed E-state index contributed by atoms with van der Waals surface area (Å²) in [5.41, 5.74) is 0. The van der Waals surface area contributed by atoms with Gasteiger partial charge in [-0.05, 0) is 25.3 Å². The average molecular weight is 174 g/mol. The van der Waals surface area contributed by atoms with Crippen LogP contribution in [0.1, 0.15) is 25.7 Å². The molecule has 0 radical (unpaired) electrons. The van der Waals surface area contributed by atoms with Gasteiger partial charge in [0.15, 0.2) is 0 Å². The van der Waals surface area contributed by atoms with Gasteiger partial charge in [0.05, 0.1) is 0 Å². The van der Waals surface area contributed by atoms with E-state index in [9.17, 15) is 0 Å². The molecule has 0 atom stereocenters. The van der Waals surface area contributed by atoms with Crippen LogP contribution in [0.4, 0.5) is 0 Å². The summed E-state index contributed by atoms with van der Waals surface area (Å²) in [6, 6.07) is 0. The summed E-state index contributed by atoms with van der Waals surface area (Å²) in [5, 5.41) is 4.01. The molecule has 0 aromatic rings. The molecule has 11 heavy (non-hydrogen) atoms. The predicted octanol–water partition coefficient (Wildman–Crippen LogP) is 2.52. The van der Waals surface area contributed by atoms with Gasteiger partial charge in [-0.2, -0.15) is 0 Å². The molecule has 0 bridgehead atoms. The molecule has 1 nitrogen and oxygen atoms in total. The molecule has 64 valence electrons. The van der Waals surface area contributed by atoms with Crippen molar-refractivity contribution in [1.82, 2.24) is 5.32 Å². The van der Waals surface area contributed by atoms with Gasteiger partial charge < -0.3 is 5.32 Å². The normalized spacial score (nSPS) is 19.0. The van der Waals surface area contributed by atoms with Crippen molar-refractivity contribution in [3.05, 3.63) is 11.6 Å². The van der Waals surface area contributed by atoms with E-state index in [2.05, 4.69) is 11.9 Å². The summed E-state index contributed by atoms with van der Waals surface area (Å²) in [6.07, 6.45) is 5.60. The molecule has 1 aliphatic rings. The molecule has 0 aromatic heterocycles. The van der Waals surface area contributed by atoms with E-state index >= 15 is 0 Å². The Bertz CT molecular complexity index is 128. The number of halogens is 1. The van der Waals surface area contributed by atoms with Gasteiger partial charge in [0.25, 0.3) is 0 Å². The van der Waals surface area contributed by atoms with Gasteiger partial charge in [-0.25, -0.2) is 0 Å². The lowest BCUT2D eigenvalue weighted by molar-refractivity contribution is 0.504. The SMILES string of the molecule is C=C(Cl)CNCC1CCCC1. The summed E-state index contributed by atoms with van der Waals surface area (Å²) < 4.78 is 0. The highest BCUT2D eigenvalue weighted by atomic mass is 35.5. The van der Waals surface area contributed by atoms with Gasteiger partial charge >= 0.3 is 0 Å². The Kier molecular flexibility index (Phi) is 3.95. The molecule has 0 amide bonds. The number of hydrogen-bond acceptors (Lipinski definition) is 1. The highest BCUT2D eigenvalue weighted by molar-refractivity contribution is 6.29. The van der Waals surface area contributed by atoms with Gasteiger partial charge in [0.2, 0.25) is 0 Å². The summed E-state index contributed by atoms with van der Waals surface area (Å²) >= 11 is 5.61. The van der Waals surface area contributed by atoms with E-state index in [0.29, 0.717) is 5.03 Å². The minimum absolute atomic E-state index is 0.711. The fourth-order valence-electron chi connectivity index (χ4n) is 1.63. The third-order valence-electron chi connectivity index (χ3n) is 2.22. The van der Waals surface area contributed by atoms with Gasteiger partial charge in [-0.1, -0.05) is 31.0 Å². The van der Waals surface area contributed by atoms with Crippen molar-refractivity contribution in [2.45, 2.75) is 25.7 Å². The van der Waals surface area contributed by atoms with Gasteiger partial charge in [0, 0.05) is 11.6 Å². The highest BCUT2D eigenvalue weighted by Gasteiger charge is 2.13. The summed E-state index contributed by atoms with van der Waals surface area (Å²) in [4.78, 5) is 0. The maximum Gasteiger partial charge on any atom is 0.0307 e. The van der Waals surface area contributed by atoms with Crippen LogP contribution in [-0.2, 0) is 0 Å². The standard InChI is InChI=1S/C9H16ClN/c1-8(10)6-11-7-9-4-2-3-5-9/h9,11H,1-7H2. The van der Waals surface area contributed by atoms with Crippen molar-refractivity contribution in [2.24, 2.45) is 5.92 Å². The van der Waals surface area contributed by atoms with E-state index in [0.717, 1.165) is 19.0 Å². The van der Waals surface area contributed by atoms with Crippen molar-refractivity contribution in [3.63, 3.8) is 0 Å². The predicted molar refractivity (Wildman–Crippen MR) is 49.8 cm³/mol. The van der Waals surface area contributed by atoms with Crippen molar-refractivity contribution in [3.8, 4) is 0 Å². The summed E-state index contributed by atoms with van der Waals surface area (Å²) in [5.74, 6) is 0.894. The molecule has 1 saturated carbocycles. The van der Waals surface area contributed by atoms with Crippen LogP contribution in [0.3, 0.4) is 0 Å². The Hall–Kier alpha value is -0.0100. The Labute approximate surface area is 73.8 Å². The Morgan fingerprint density at radius 2 is 2.09 bits per heavy atom. The molecule has 0 aliphatic heterocycles. The molecule has 0 unspecified atom stereocenters. The highest BCUT2D eigenvalue weighted by Crippen LogP contribution is 2.23. The van der Waals surface area contributed by atoms with Crippen molar-refractivity contribution >= 4 is 11.6 Å². The molecule has 0 saturated heterocycles. The summed E-state index contributed by atoms with van der Waals surface area (Å²) in [7, 11) is 0. The van der Waals surface area contributed by atoms with E-state index in [-0.39, 0.29) is 0 Å². The van der Waals surface area contributed by atoms with E-state index in [4.69, 9.17) is 11.6 Å². The monoisotopic (exact) mass is 173 g/mol. The van der Waals surface area contributed by atoms with E-state index in [1.807, 2.05) is 0 Å². The van der Waals surface area contributed by atoms with Crippen molar-refractivity contribution in [2.75, 3.05) is 13.1 Å². The minimum atomic E-state index is 0.711. The molecule has 0 spiro atoms. The van der Waals surface area contributed by atoms with E-state index in [1.54, 1.807) is 0 Å². The molecule has 1 N–H and O–H groups in total. The third-order valence-corrected chi connectivity index (χ3v) is 2.36. The maximum absolute atomic E-state index is 5.61. The first kappa shape index (κ1) is 9.08. The van der Waals surface area contributed by atoms with Gasteiger partial charge in [0.1, 0.15) is 0 Å². The van der Waals surface area contributed by atoms with Crippen LogP contribution in [0.15, 0.2) is 11.6 Å². The first-order chi connectivity index (χ1) is 5.29. The smallest absolute Gasteiger partial charge is 0.0307 e. The Morgan fingerprint density at radius 1 is 1.45 bits per heavy atom. The average Bonchev–Trinajstić information content (AvgIpc) is 2.39. The zero-order valence-electron chi connectivity index (χ0n) is 6.91. The fraction of sp³-hybridized carbons (Fsp3) is 0.778. The molecule has 1 fully saturated rings. The third kappa shape index (κ3) is 3.78. The minimum Gasteiger partial charge on any atom is -0.312 e. The maximum atomic E-state index is 5.61. The van der Waals surface area contributed by atoms with Crippen LogP contribution in [-0.4, -0.2) is 13.1 Å². The van der Waals surface area contributed by atoms with Crippen LogP contribution in [0.2, 0.25) is 0 Å². The van der Waals surface area contributed by atoms with Crippen LogP contribution >= 0.6 is 11.6 Å². The molecule has 0 aromatic carbocycles. The summed E-state index contributed by atoms with van der Waals surface area (Å²) in [6.45, 7) is 5.50. The lowest BCUT2D eigenvalue weighted by Gasteiger charge is -2.08. The fourth-order valence-corrected chi connectivity index (χ4v) is 1.72. The van der Waals surface area contributed by atoms with E-state index in [1.165, 1.54) is 25.7 Å². The topological polar surface area (TPSA) is 12.0 Å². The first-order valence-corrected chi connectivity index (χ1v) is 4.71. The molecule has 2 heteroatoms.